The molecule has 0 aliphatic heterocycles. The van der Waals surface area contributed by atoms with E-state index in [1.807, 2.05) is 13.0 Å². The lowest BCUT2D eigenvalue weighted by Gasteiger charge is -2.21. The molecule has 2 rings (SSSR count). The minimum absolute atomic E-state index is 0.321. The first kappa shape index (κ1) is 20.8. The van der Waals surface area contributed by atoms with Gasteiger partial charge in [-0.25, -0.2) is 4.79 Å². The largest absolute Gasteiger partial charge is 0.492 e. The zero-order valence-corrected chi connectivity index (χ0v) is 16.4. The number of hydrogen-bond donors (Lipinski definition) is 0. The molecule has 0 aromatic heterocycles. The second-order valence-electron chi connectivity index (χ2n) is 5.74. The lowest BCUT2D eigenvalue weighted by Crippen LogP contribution is -2.07. The molecule has 2 aromatic carbocycles. The topological polar surface area (TPSA) is 99.6 Å². The van der Waals surface area contributed by atoms with E-state index in [1.165, 1.54) is 14.2 Å². The average molecular weight is 386 g/mol. The third-order valence-electron chi connectivity index (χ3n) is 4.25. The molecule has 0 atom stereocenters. The SMILES string of the molecule is COc1c(C)c(Cc2cccc(C(=O)OC=[N+]=[N-])c2)c(OC)c(OC)c1OC. The first-order valence-corrected chi connectivity index (χ1v) is 8.33. The van der Waals surface area contributed by atoms with Gasteiger partial charge in [0.2, 0.25) is 11.5 Å². The molecule has 8 nitrogen and oxygen atoms in total. The van der Waals surface area contributed by atoms with Crippen molar-refractivity contribution in [2.24, 2.45) is 0 Å². The van der Waals surface area contributed by atoms with Gasteiger partial charge in [0, 0.05) is 17.5 Å². The Bertz CT molecular complexity index is 919. The molecule has 0 fully saturated rings. The number of esters is 1. The van der Waals surface area contributed by atoms with Crippen molar-refractivity contribution in [2.45, 2.75) is 13.3 Å². The van der Waals surface area contributed by atoms with E-state index in [0.717, 1.165) is 16.7 Å². The molecule has 0 amide bonds. The number of carbonyl (C=O) groups is 1. The quantitative estimate of drug-likeness (QED) is 0.227. The van der Waals surface area contributed by atoms with E-state index >= 15 is 0 Å². The van der Waals surface area contributed by atoms with Gasteiger partial charge in [-0.3, -0.25) is 0 Å². The third-order valence-corrected chi connectivity index (χ3v) is 4.25. The first-order chi connectivity index (χ1) is 13.5. The summed E-state index contributed by atoms with van der Waals surface area (Å²) < 4.78 is 26.8. The van der Waals surface area contributed by atoms with Crippen LogP contribution in [-0.2, 0) is 11.2 Å². The summed E-state index contributed by atoms with van der Waals surface area (Å²) in [5.41, 5.74) is 11.2. The van der Waals surface area contributed by atoms with Crippen molar-refractivity contribution < 1.29 is 33.3 Å². The molecule has 28 heavy (non-hydrogen) atoms. The molecule has 0 unspecified atom stereocenters. The number of nitrogens with zero attached hydrogens (tertiary/aromatic N) is 2. The molecule has 0 heterocycles. The van der Waals surface area contributed by atoms with Gasteiger partial charge in [0.15, 0.2) is 11.5 Å². The Hall–Kier alpha value is -3.51. The van der Waals surface area contributed by atoms with Crippen LogP contribution in [0.3, 0.4) is 0 Å². The van der Waals surface area contributed by atoms with Crippen LogP contribution in [0.25, 0.3) is 5.53 Å². The van der Waals surface area contributed by atoms with Crippen LogP contribution in [0.15, 0.2) is 24.3 Å². The van der Waals surface area contributed by atoms with Gasteiger partial charge in [-0.2, -0.15) is 0 Å². The monoisotopic (exact) mass is 386 g/mol. The zero-order valence-electron chi connectivity index (χ0n) is 16.4. The van der Waals surface area contributed by atoms with Crippen LogP contribution in [-0.4, -0.2) is 45.6 Å². The lowest BCUT2D eigenvalue weighted by atomic mass is 9.96. The van der Waals surface area contributed by atoms with E-state index in [4.69, 9.17) is 29.2 Å². The van der Waals surface area contributed by atoms with E-state index in [9.17, 15) is 4.79 Å². The molecule has 0 N–H and O–H groups in total. The van der Waals surface area contributed by atoms with E-state index < -0.39 is 5.97 Å². The van der Waals surface area contributed by atoms with Crippen LogP contribution in [0.5, 0.6) is 23.0 Å². The zero-order chi connectivity index (χ0) is 20.7. The maximum atomic E-state index is 12.0. The summed E-state index contributed by atoms with van der Waals surface area (Å²) in [4.78, 5) is 14.6. The minimum atomic E-state index is -0.631. The van der Waals surface area contributed by atoms with Crippen molar-refractivity contribution in [2.75, 3.05) is 28.4 Å². The number of carbonyl (C=O) groups excluding carboxylic acids is 1. The van der Waals surface area contributed by atoms with Crippen LogP contribution < -0.4 is 18.9 Å². The molecule has 8 heteroatoms. The maximum absolute atomic E-state index is 12.0. The summed E-state index contributed by atoms with van der Waals surface area (Å²) in [5.74, 6) is 1.32. The van der Waals surface area contributed by atoms with Crippen molar-refractivity contribution in [3.63, 3.8) is 0 Å². The molecule has 0 aliphatic carbocycles. The van der Waals surface area contributed by atoms with E-state index in [-0.39, 0.29) is 0 Å². The van der Waals surface area contributed by atoms with Crippen LogP contribution in [0.2, 0.25) is 0 Å². The highest BCUT2D eigenvalue weighted by molar-refractivity contribution is 5.93. The minimum Gasteiger partial charge on any atom is -0.492 e. The summed E-state index contributed by atoms with van der Waals surface area (Å²) >= 11 is 0. The molecule has 148 valence electrons. The predicted molar refractivity (Wildman–Crippen MR) is 102 cm³/mol. The summed E-state index contributed by atoms with van der Waals surface area (Å²) in [5, 5.41) is 0. The van der Waals surface area contributed by atoms with E-state index in [1.54, 1.807) is 32.4 Å². The van der Waals surface area contributed by atoms with Gasteiger partial charge in [0.1, 0.15) is 0 Å². The smallest absolute Gasteiger partial charge is 0.446 e. The van der Waals surface area contributed by atoms with Crippen LogP contribution >= 0.6 is 0 Å². The maximum Gasteiger partial charge on any atom is 0.446 e. The van der Waals surface area contributed by atoms with Crippen molar-refractivity contribution in [1.29, 1.82) is 0 Å². The van der Waals surface area contributed by atoms with Gasteiger partial charge in [0.25, 0.3) is 0 Å². The molecule has 0 saturated carbocycles. The van der Waals surface area contributed by atoms with Gasteiger partial charge in [0.05, 0.1) is 34.0 Å². The molecule has 0 radical (unpaired) electrons. The van der Waals surface area contributed by atoms with Crippen molar-refractivity contribution >= 4 is 12.4 Å². The summed E-state index contributed by atoms with van der Waals surface area (Å²) in [7, 11) is 6.16. The fraction of sp³-hybridized carbons (Fsp3) is 0.300. The highest BCUT2D eigenvalue weighted by atomic mass is 16.5. The van der Waals surface area contributed by atoms with Gasteiger partial charge < -0.3 is 29.2 Å². The number of hydrogen-bond acceptors (Lipinski definition) is 6. The Morgan fingerprint density at radius 3 is 2.18 bits per heavy atom. The number of ether oxygens (including phenoxy) is 5. The number of rotatable bonds is 8. The first-order valence-electron chi connectivity index (χ1n) is 8.33. The lowest BCUT2D eigenvalue weighted by molar-refractivity contribution is -0.0230. The summed E-state index contributed by atoms with van der Waals surface area (Å²) in [6, 6.07) is 6.91. The normalized spacial score (nSPS) is 9.89. The number of methoxy groups -OCH3 is 4. The Morgan fingerprint density at radius 2 is 1.61 bits per heavy atom. The molecule has 2 aromatic rings. The van der Waals surface area contributed by atoms with Crippen molar-refractivity contribution in [3.05, 3.63) is 52.1 Å². The third kappa shape index (κ3) is 4.07. The van der Waals surface area contributed by atoms with E-state index in [0.29, 0.717) is 41.4 Å². The standard InChI is InChI=1S/C20H22N2O6/c1-12-15(17(25-3)19(27-5)18(26-4)16(12)24-2)10-13-7-6-8-14(9-13)20(23)28-11-22-21/h6-9,11H,10H2,1-5H3. The van der Waals surface area contributed by atoms with Crippen LogP contribution in [0.4, 0.5) is 0 Å². The summed E-state index contributed by atoms with van der Waals surface area (Å²) in [6.07, 6.45) is 1.11. The predicted octanol–water partition coefficient (Wildman–Crippen LogP) is 3.04. The summed E-state index contributed by atoms with van der Waals surface area (Å²) in [6.45, 7) is 1.90. The Kier molecular flexibility index (Phi) is 7.01. The van der Waals surface area contributed by atoms with Crippen LogP contribution in [0.1, 0.15) is 27.0 Å². The molecule has 0 bridgehead atoms. The number of benzene rings is 2. The molecule has 0 aliphatic rings. The highest BCUT2D eigenvalue weighted by Gasteiger charge is 2.25. The fourth-order valence-corrected chi connectivity index (χ4v) is 3.02. The van der Waals surface area contributed by atoms with Gasteiger partial charge >= 0.3 is 12.4 Å². The fourth-order valence-electron chi connectivity index (χ4n) is 3.02. The molecular formula is C20H22N2O6. The average Bonchev–Trinajstić information content (AvgIpc) is 2.72. The van der Waals surface area contributed by atoms with Crippen molar-refractivity contribution in [1.82, 2.24) is 0 Å². The van der Waals surface area contributed by atoms with Crippen molar-refractivity contribution in [3.8, 4) is 23.0 Å². The second-order valence-corrected chi connectivity index (χ2v) is 5.74. The van der Waals surface area contributed by atoms with Crippen LogP contribution in [0, 0.1) is 6.92 Å². The van der Waals surface area contributed by atoms with Gasteiger partial charge in [-0.05, 0) is 24.6 Å². The Morgan fingerprint density at radius 1 is 1.00 bits per heavy atom. The Labute approximate surface area is 163 Å². The van der Waals surface area contributed by atoms with Gasteiger partial charge in [-0.15, -0.1) is 4.79 Å². The molecule has 0 saturated heterocycles. The highest BCUT2D eigenvalue weighted by Crippen LogP contribution is 2.49. The van der Waals surface area contributed by atoms with E-state index in [2.05, 4.69) is 4.79 Å². The Balaban J connectivity index is 2.54. The molecule has 0 spiro atoms. The van der Waals surface area contributed by atoms with Gasteiger partial charge in [-0.1, -0.05) is 12.1 Å². The molecular weight excluding hydrogens is 364 g/mol. The second kappa shape index (κ2) is 9.43.